The van der Waals surface area contributed by atoms with Crippen LogP contribution in [0.4, 0.5) is 0 Å². The Balaban J connectivity index is 0. The fraction of sp³-hybridized carbons (Fsp3) is 0.500. The van der Waals surface area contributed by atoms with Crippen LogP contribution in [0.2, 0.25) is 0 Å². The molecule has 0 aliphatic rings. The van der Waals surface area contributed by atoms with Crippen molar-refractivity contribution in [2.75, 3.05) is 0 Å². The second-order valence-corrected chi connectivity index (χ2v) is 0.911. The van der Waals surface area contributed by atoms with Crippen LogP contribution in [-0.2, 0) is 26.7 Å². The summed E-state index contributed by atoms with van der Waals surface area (Å²) in [6, 6.07) is 0. The number of rotatable bonds is 3. The van der Waals surface area contributed by atoms with E-state index in [1.54, 1.807) is 0 Å². The molecule has 0 spiro atoms. The molecule has 0 bridgehead atoms. The van der Waals surface area contributed by atoms with E-state index >= 15 is 0 Å². The molecule has 0 saturated heterocycles. The normalized spacial score (nSPS) is 6.29. The van der Waals surface area contributed by atoms with Crippen molar-refractivity contribution in [1.82, 2.24) is 0 Å². The minimum absolute atomic E-state index is 0. The molecular formula is C4H6MnO2. The zero-order valence-electron chi connectivity index (χ0n) is 3.76. The molecule has 0 unspecified atom stereocenters. The first kappa shape index (κ1) is 9.97. The van der Waals surface area contributed by atoms with E-state index in [0.29, 0.717) is 12.8 Å². The van der Waals surface area contributed by atoms with Crippen LogP contribution in [0.5, 0.6) is 0 Å². The molecule has 0 aromatic carbocycles. The maximum atomic E-state index is 9.40. The van der Waals surface area contributed by atoms with Crippen molar-refractivity contribution in [3.8, 4) is 0 Å². The first-order chi connectivity index (χ1) is 2.91. The third-order valence-corrected chi connectivity index (χ3v) is 0.402. The Morgan fingerprint density at radius 3 is 1.43 bits per heavy atom. The van der Waals surface area contributed by atoms with Gasteiger partial charge in [0.15, 0.2) is 0 Å². The fourth-order valence-electron chi connectivity index (χ4n) is 0.136. The number of carbonyl (C=O) groups excluding carboxylic acids is 2. The van der Waals surface area contributed by atoms with Crippen molar-refractivity contribution in [3.05, 3.63) is 0 Å². The van der Waals surface area contributed by atoms with Gasteiger partial charge in [0.1, 0.15) is 12.6 Å². The quantitative estimate of drug-likeness (QED) is 0.318. The van der Waals surface area contributed by atoms with Crippen LogP contribution in [0.25, 0.3) is 0 Å². The van der Waals surface area contributed by atoms with E-state index in [4.69, 9.17) is 0 Å². The number of unbranched alkanes of at least 4 members (excludes halogenated alkanes) is 1. The van der Waals surface area contributed by atoms with Gasteiger partial charge in [0.05, 0.1) is 0 Å². The summed E-state index contributed by atoms with van der Waals surface area (Å²) in [5.41, 5.74) is 0. The molecule has 0 amide bonds. The molecule has 0 aliphatic heterocycles. The van der Waals surface area contributed by atoms with Crippen molar-refractivity contribution in [2.24, 2.45) is 0 Å². The van der Waals surface area contributed by atoms with Gasteiger partial charge >= 0.3 is 0 Å². The maximum absolute atomic E-state index is 9.40. The Labute approximate surface area is 52.8 Å². The smallest absolute Gasteiger partial charge is 0.120 e. The summed E-state index contributed by atoms with van der Waals surface area (Å²) in [6.07, 6.45) is 2.19. The predicted octanol–water partition coefficient (Wildman–Crippen LogP) is 0.162. The number of hydrogen-bond donors (Lipinski definition) is 0. The molecule has 0 atom stereocenters. The Morgan fingerprint density at radius 1 is 1.00 bits per heavy atom. The fourth-order valence-corrected chi connectivity index (χ4v) is 0.136. The molecule has 41 valence electrons. The average Bonchev–Trinajstić information content (AvgIpc) is 1.61. The third kappa shape index (κ3) is 10.7. The van der Waals surface area contributed by atoms with Gasteiger partial charge in [-0.05, 0) is 0 Å². The van der Waals surface area contributed by atoms with Crippen LogP contribution in [-0.4, -0.2) is 12.6 Å². The summed E-state index contributed by atoms with van der Waals surface area (Å²) < 4.78 is 0. The second-order valence-electron chi connectivity index (χ2n) is 0.911. The molecular weight excluding hydrogens is 135 g/mol. The average molecular weight is 141 g/mol. The maximum Gasteiger partial charge on any atom is 0.120 e. The van der Waals surface area contributed by atoms with Gasteiger partial charge in [0.2, 0.25) is 0 Å². The van der Waals surface area contributed by atoms with Gasteiger partial charge < -0.3 is 9.59 Å². The van der Waals surface area contributed by atoms with Gasteiger partial charge in [0.25, 0.3) is 0 Å². The van der Waals surface area contributed by atoms with Crippen molar-refractivity contribution < 1.29 is 26.7 Å². The molecule has 0 fully saturated rings. The van der Waals surface area contributed by atoms with Crippen molar-refractivity contribution in [1.29, 1.82) is 0 Å². The van der Waals surface area contributed by atoms with Crippen LogP contribution in [0, 0.1) is 0 Å². The third-order valence-electron chi connectivity index (χ3n) is 0.402. The first-order valence-electron chi connectivity index (χ1n) is 1.79. The summed E-state index contributed by atoms with van der Waals surface area (Å²) in [5, 5.41) is 0. The molecule has 0 heterocycles. The molecule has 3 heteroatoms. The van der Waals surface area contributed by atoms with Crippen LogP contribution in [0.15, 0.2) is 0 Å². The topological polar surface area (TPSA) is 34.1 Å². The molecule has 0 aromatic rings. The van der Waals surface area contributed by atoms with E-state index in [9.17, 15) is 9.59 Å². The Hall–Kier alpha value is -0.141. The largest absolute Gasteiger partial charge is 0.303 e. The molecule has 0 N–H and O–H groups in total. The monoisotopic (exact) mass is 141 g/mol. The van der Waals surface area contributed by atoms with Crippen LogP contribution in [0.3, 0.4) is 0 Å². The molecule has 2 nitrogen and oxygen atoms in total. The summed E-state index contributed by atoms with van der Waals surface area (Å²) in [4.78, 5) is 18.8. The summed E-state index contributed by atoms with van der Waals surface area (Å²) >= 11 is 0. The number of hydrogen-bond acceptors (Lipinski definition) is 2. The number of aldehydes is 2. The van der Waals surface area contributed by atoms with Gasteiger partial charge in [-0.3, -0.25) is 0 Å². The minimum atomic E-state index is 0. The van der Waals surface area contributed by atoms with E-state index in [1.807, 2.05) is 0 Å². The molecule has 0 rings (SSSR count). The van der Waals surface area contributed by atoms with E-state index in [1.165, 1.54) is 0 Å². The van der Waals surface area contributed by atoms with E-state index < -0.39 is 0 Å². The van der Waals surface area contributed by atoms with E-state index in [0.717, 1.165) is 12.6 Å². The summed E-state index contributed by atoms with van der Waals surface area (Å²) in [7, 11) is 0. The molecule has 1 radical (unpaired) electrons. The summed E-state index contributed by atoms with van der Waals surface area (Å²) in [6.45, 7) is 0. The zero-order chi connectivity index (χ0) is 4.83. The van der Waals surface area contributed by atoms with Gasteiger partial charge in [-0.15, -0.1) is 0 Å². The Kier molecular flexibility index (Phi) is 13.2. The van der Waals surface area contributed by atoms with Crippen LogP contribution < -0.4 is 0 Å². The van der Waals surface area contributed by atoms with Crippen LogP contribution in [0.1, 0.15) is 12.8 Å². The Morgan fingerprint density at radius 2 is 1.29 bits per heavy atom. The standard InChI is InChI=1S/C4H6O2.Mn/c5-3-1-2-4-6;/h3-4H,1-2H2;. The molecule has 0 saturated carbocycles. The first-order valence-corrected chi connectivity index (χ1v) is 1.79. The number of carbonyl (C=O) groups is 2. The zero-order valence-corrected chi connectivity index (χ0v) is 4.94. The minimum Gasteiger partial charge on any atom is -0.303 e. The van der Waals surface area contributed by atoms with Gasteiger partial charge in [0, 0.05) is 29.9 Å². The van der Waals surface area contributed by atoms with Gasteiger partial charge in [-0.2, -0.15) is 0 Å². The molecule has 7 heavy (non-hydrogen) atoms. The van der Waals surface area contributed by atoms with Gasteiger partial charge in [-0.25, -0.2) is 0 Å². The van der Waals surface area contributed by atoms with Crippen molar-refractivity contribution >= 4 is 12.6 Å². The van der Waals surface area contributed by atoms with Crippen molar-refractivity contribution in [2.45, 2.75) is 12.8 Å². The SMILES string of the molecule is O=CCCC=O.[Mn]. The molecule has 0 aromatic heterocycles. The van der Waals surface area contributed by atoms with Gasteiger partial charge in [-0.1, -0.05) is 0 Å². The van der Waals surface area contributed by atoms with Crippen LogP contribution >= 0.6 is 0 Å². The Bertz CT molecular complexity index is 45.7. The summed E-state index contributed by atoms with van der Waals surface area (Å²) in [5.74, 6) is 0. The molecule has 0 aliphatic carbocycles. The predicted molar refractivity (Wildman–Crippen MR) is 21.4 cm³/mol. The second kappa shape index (κ2) is 9.29. The van der Waals surface area contributed by atoms with E-state index in [-0.39, 0.29) is 17.1 Å². The van der Waals surface area contributed by atoms with Crippen molar-refractivity contribution in [3.63, 3.8) is 0 Å². The van der Waals surface area contributed by atoms with E-state index in [2.05, 4.69) is 0 Å².